The van der Waals surface area contributed by atoms with E-state index in [1.165, 1.54) is 5.56 Å². The largest absolute Gasteiger partial charge is 0.493 e. The van der Waals surface area contributed by atoms with Crippen molar-refractivity contribution in [3.05, 3.63) is 47.5 Å². The molecule has 174 valence electrons. The summed E-state index contributed by atoms with van der Waals surface area (Å²) >= 11 is 0. The number of nitrogens with one attached hydrogen (secondary N) is 1. The van der Waals surface area contributed by atoms with Gasteiger partial charge in [-0.15, -0.1) is 0 Å². The molecule has 1 atom stereocenters. The van der Waals surface area contributed by atoms with Gasteiger partial charge in [0.1, 0.15) is 6.10 Å². The SMILES string of the molecule is COc1ccc(CCNCCCC(Oc2ccc(CC#N)cc2OC)C(C)C)cc1OC. The topological polar surface area (TPSA) is 72.7 Å². The van der Waals surface area contributed by atoms with Gasteiger partial charge in [-0.05, 0) is 73.7 Å². The Morgan fingerprint density at radius 1 is 0.844 bits per heavy atom. The Morgan fingerprint density at radius 3 is 2.12 bits per heavy atom. The second kappa shape index (κ2) is 13.5. The number of hydrogen-bond acceptors (Lipinski definition) is 6. The van der Waals surface area contributed by atoms with Crippen LogP contribution in [0.3, 0.4) is 0 Å². The second-order valence-electron chi connectivity index (χ2n) is 8.05. The molecule has 6 nitrogen and oxygen atoms in total. The zero-order chi connectivity index (χ0) is 23.3. The maximum atomic E-state index is 8.90. The number of rotatable bonds is 14. The molecule has 0 saturated heterocycles. The van der Waals surface area contributed by atoms with Crippen LogP contribution in [0.25, 0.3) is 0 Å². The van der Waals surface area contributed by atoms with Crippen molar-refractivity contribution < 1.29 is 18.9 Å². The highest BCUT2D eigenvalue weighted by atomic mass is 16.5. The van der Waals surface area contributed by atoms with E-state index in [-0.39, 0.29) is 6.10 Å². The Hall–Kier alpha value is -2.91. The zero-order valence-corrected chi connectivity index (χ0v) is 19.9. The van der Waals surface area contributed by atoms with Crippen LogP contribution in [-0.4, -0.2) is 40.5 Å². The van der Waals surface area contributed by atoms with Crippen molar-refractivity contribution in [2.75, 3.05) is 34.4 Å². The lowest BCUT2D eigenvalue weighted by molar-refractivity contribution is 0.134. The molecule has 32 heavy (non-hydrogen) atoms. The lowest BCUT2D eigenvalue weighted by Gasteiger charge is -2.24. The third-order valence-corrected chi connectivity index (χ3v) is 5.41. The lowest BCUT2D eigenvalue weighted by Crippen LogP contribution is -2.26. The predicted molar refractivity (Wildman–Crippen MR) is 127 cm³/mol. The number of hydrogen-bond donors (Lipinski definition) is 1. The third kappa shape index (κ3) is 7.65. The van der Waals surface area contributed by atoms with Crippen LogP contribution >= 0.6 is 0 Å². The molecular formula is C26H36N2O4. The van der Waals surface area contributed by atoms with Crippen LogP contribution in [0.15, 0.2) is 36.4 Å². The van der Waals surface area contributed by atoms with Crippen molar-refractivity contribution in [1.29, 1.82) is 5.26 Å². The van der Waals surface area contributed by atoms with E-state index in [4.69, 9.17) is 24.2 Å². The normalized spacial score (nSPS) is 11.7. The van der Waals surface area contributed by atoms with E-state index in [9.17, 15) is 0 Å². The summed E-state index contributed by atoms with van der Waals surface area (Å²) in [6.45, 7) is 6.17. The van der Waals surface area contributed by atoms with E-state index >= 15 is 0 Å². The molecule has 0 spiro atoms. The van der Waals surface area contributed by atoms with Crippen molar-refractivity contribution in [2.45, 2.75) is 45.6 Å². The van der Waals surface area contributed by atoms with Gasteiger partial charge in [0.15, 0.2) is 23.0 Å². The second-order valence-corrected chi connectivity index (χ2v) is 8.05. The average Bonchev–Trinajstić information content (AvgIpc) is 2.80. The maximum absolute atomic E-state index is 8.90. The molecule has 6 heteroatoms. The Labute approximate surface area is 192 Å². The molecule has 2 aromatic rings. The Morgan fingerprint density at radius 2 is 1.47 bits per heavy atom. The van der Waals surface area contributed by atoms with E-state index in [0.717, 1.165) is 55.2 Å². The molecule has 0 radical (unpaired) electrons. The van der Waals surface area contributed by atoms with Crippen LogP contribution in [0.4, 0.5) is 0 Å². The van der Waals surface area contributed by atoms with E-state index in [0.29, 0.717) is 18.1 Å². The predicted octanol–water partition coefficient (Wildman–Crippen LogP) is 4.79. The van der Waals surface area contributed by atoms with Crippen LogP contribution in [-0.2, 0) is 12.8 Å². The zero-order valence-electron chi connectivity index (χ0n) is 19.9. The average molecular weight is 441 g/mol. The highest BCUT2D eigenvalue weighted by molar-refractivity contribution is 5.44. The van der Waals surface area contributed by atoms with E-state index in [2.05, 4.69) is 31.3 Å². The summed E-state index contributed by atoms with van der Waals surface area (Å²) < 4.78 is 22.4. The lowest BCUT2D eigenvalue weighted by atomic mass is 10.0. The van der Waals surface area contributed by atoms with Crippen molar-refractivity contribution in [3.63, 3.8) is 0 Å². The molecule has 0 aliphatic carbocycles. The number of benzene rings is 2. The van der Waals surface area contributed by atoms with Crippen LogP contribution in [0.5, 0.6) is 23.0 Å². The fourth-order valence-electron chi connectivity index (χ4n) is 3.52. The standard InChI is InChI=1S/C26H36N2O4/c1-19(2)22(32-24-11-9-20(12-14-27)17-26(24)31-5)7-6-15-28-16-13-21-8-10-23(29-3)25(18-21)30-4/h8-11,17-19,22,28H,6-7,12-13,15-16H2,1-5H3. The molecule has 1 unspecified atom stereocenters. The van der Waals surface area contributed by atoms with E-state index < -0.39 is 0 Å². The summed E-state index contributed by atoms with van der Waals surface area (Å²) in [4.78, 5) is 0. The molecule has 2 aromatic carbocycles. The minimum atomic E-state index is 0.0957. The van der Waals surface area contributed by atoms with Gasteiger partial charge in [-0.3, -0.25) is 0 Å². The highest BCUT2D eigenvalue weighted by Crippen LogP contribution is 2.31. The van der Waals surface area contributed by atoms with Gasteiger partial charge in [0, 0.05) is 0 Å². The first-order valence-electron chi connectivity index (χ1n) is 11.1. The van der Waals surface area contributed by atoms with E-state index in [1.807, 2.05) is 30.3 Å². The minimum absolute atomic E-state index is 0.0957. The van der Waals surface area contributed by atoms with Crippen LogP contribution in [0, 0.1) is 17.2 Å². The Balaban J connectivity index is 1.80. The molecule has 0 aromatic heterocycles. The summed E-state index contributed by atoms with van der Waals surface area (Å²) in [5.74, 6) is 3.30. The first-order chi connectivity index (χ1) is 15.5. The number of methoxy groups -OCH3 is 3. The van der Waals surface area contributed by atoms with Crippen LogP contribution in [0.1, 0.15) is 37.8 Å². The highest BCUT2D eigenvalue weighted by Gasteiger charge is 2.17. The molecule has 0 aliphatic rings. The number of ether oxygens (including phenoxy) is 4. The molecule has 0 amide bonds. The van der Waals surface area contributed by atoms with Gasteiger partial charge in [0.25, 0.3) is 0 Å². The van der Waals surface area contributed by atoms with Gasteiger partial charge < -0.3 is 24.3 Å². The molecule has 1 N–H and O–H groups in total. The van der Waals surface area contributed by atoms with Gasteiger partial charge in [0.2, 0.25) is 0 Å². The van der Waals surface area contributed by atoms with Gasteiger partial charge in [0.05, 0.1) is 33.8 Å². The summed E-state index contributed by atoms with van der Waals surface area (Å²) in [5.41, 5.74) is 2.14. The molecule has 0 fully saturated rings. The van der Waals surface area contributed by atoms with Crippen LogP contribution in [0.2, 0.25) is 0 Å². The fourth-order valence-corrected chi connectivity index (χ4v) is 3.52. The van der Waals surface area contributed by atoms with Gasteiger partial charge in [-0.2, -0.15) is 5.26 Å². The maximum Gasteiger partial charge on any atom is 0.161 e. The summed E-state index contributed by atoms with van der Waals surface area (Å²) in [5, 5.41) is 12.4. The number of nitriles is 1. The summed E-state index contributed by atoms with van der Waals surface area (Å²) in [7, 11) is 4.93. The van der Waals surface area contributed by atoms with E-state index in [1.54, 1.807) is 21.3 Å². The Kier molecular flexibility index (Phi) is 10.7. The van der Waals surface area contributed by atoms with Crippen LogP contribution < -0.4 is 24.3 Å². The minimum Gasteiger partial charge on any atom is -0.493 e. The first kappa shape index (κ1) is 25.4. The van der Waals surface area contributed by atoms with Gasteiger partial charge in [-0.25, -0.2) is 0 Å². The summed E-state index contributed by atoms with van der Waals surface area (Å²) in [6.07, 6.45) is 3.35. The molecular weight excluding hydrogens is 404 g/mol. The van der Waals surface area contributed by atoms with Gasteiger partial charge in [-0.1, -0.05) is 26.0 Å². The molecule has 0 heterocycles. The molecule has 2 rings (SSSR count). The summed E-state index contributed by atoms with van der Waals surface area (Å²) in [6, 6.07) is 13.9. The first-order valence-corrected chi connectivity index (χ1v) is 11.1. The fraction of sp³-hybridized carbons (Fsp3) is 0.500. The van der Waals surface area contributed by atoms with Crippen molar-refractivity contribution in [2.24, 2.45) is 5.92 Å². The molecule has 0 saturated carbocycles. The van der Waals surface area contributed by atoms with Crippen molar-refractivity contribution in [1.82, 2.24) is 5.32 Å². The van der Waals surface area contributed by atoms with Gasteiger partial charge >= 0.3 is 0 Å². The number of nitrogens with zero attached hydrogens (tertiary/aromatic N) is 1. The Bertz CT molecular complexity index is 877. The third-order valence-electron chi connectivity index (χ3n) is 5.41. The van der Waals surface area contributed by atoms with Crippen molar-refractivity contribution >= 4 is 0 Å². The monoisotopic (exact) mass is 440 g/mol. The molecule has 0 aliphatic heterocycles. The quantitative estimate of drug-likeness (QED) is 0.426. The smallest absolute Gasteiger partial charge is 0.161 e. The molecule has 0 bridgehead atoms. The van der Waals surface area contributed by atoms with Crippen molar-refractivity contribution in [3.8, 4) is 29.1 Å².